The summed E-state index contributed by atoms with van der Waals surface area (Å²) >= 11 is 0. The van der Waals surface area contributed by atoms with Crippen molar-refractivity contribution in [3.8, 4) is 0 Å². The summed E-state index contributed by atoms with van der Waals surface area (Å²) in [6.45, 7) is 5.61. The van der Waals surface area contributed by atoms with E-state index in [-0.39, 0.29) is 11.7 Å². The van der Waals surface area contributed by atoms with Crippen molar-refractivity contribution in [2.24, 2.45) is 0 Å². The Labute approximate surface area is 120 Å². The van der Waals surface area contributed by atoms with Gasteiger partial charge in [0.1, 0.15) is 5.82 Å². The second-order valence-corrected chi connectivity index (χ2v) is 5.35. The van der Waals surface area contributed by atoms with Crippen LogP contribution in [-0.4, -0.2) is 28.5 Å². The van der Waals surface area contributed by atoms with E-state index in [1.807, 2.05) is 11.1 Å². The molecule has 0 aromatic heterocycles. The number of amides is 1. The molecule has 0 bridgehead atoms. The molecule has 3 nitrogen and oxygen atoms in total. The van der Waals surface area contributed by atoms with Crippen LogP contribution in [0.15, 0.2) is 24.3 Å². The van der Waals surface area contributed by atoms with Crippen molar-refractivity contribution < 1.29 is 9.18 Å². The van der Waals surface area contributed by atoms with E-state index < -0.39 is 0 Å². The molecule has 110 valence electrons. The molecule has 0 spiro atoms. The van der Waals surface area contributed by atoms with Crippen molar-refractivity contribution in [2.45, 2.75) is 52.1 Å². The van der Waals surface area contributed by atoms with Crippen molar-refractivity contribution in [1.29, 1.82) is 0 Å². The Morgan fingerprint density at radius 3 is 2.80 bits per heavy atom. The third-order valence-corrected chi connectivity index (χ3v) is 3.86. The van der Waals surface area contributed by atoms with Gasteiger partial charge in [0.2, 0.25) is 5.91 Å². The van der Waals surface area contributed by atoms with E-state index in [0.717, 1.165) is 31.4 Å². The van der Waals surface area contributed by atoms with Crippen LogP contribution in [0.5, 0.6) is 0 Å². The summed E-state index contributed by atoms with van der Waals surface area (Å²) in [6, 6.07) is 6.92. The Morgan fingerprint density at radius 1 is 1.35 bits per heavy atom. The van der Waals surface area contributed by atoms with Gasteiger partial charge in [-0.15, -0.1) is 0 Å². The van der Waals surface area contributed by atoms with Crippen molar-refractivity contribution in [2.75, 3.05) is 6.54 Å². The highest BCUT2D eigenvalue weighted by atomic mass is 19.1. The molecule has 1 aromatic carbocycles. The average Bonchev–Trinajstić information content (AvgIpc) is 2.43. The second kappa shape index (κ2) is 6.84. The van der Waals surface area contributed by atoms with Gasteiger partial charge in [-0.25, -0.2) is 9.40 Å². The van der Waals surface area contributed by atoms with E-state index in [2.05, 4.69) is 18.9 Å². The summed E-state index contributed by atoms with van der Waals surface area (Å²) in [5.74, 6) is -0.103. The van der Waals surface area contributed by atoms with Crippen molar-refractivity contribution >= 4 is 5.91 Å². The molecule has 2 rings (SSSR count). The Hall–Kier alpha value is -1.42. The lowest BCUT2D eigenvalue weighted by Crippen LogP contribution is -2.55. The number of rotatable bonds is 5. The third-order valence-electron chi connectivity index (χ3n) is 3.86. The van der Waals surface area contributed by atoms with Crippen LogP contribution in [0.25, 0.3) is 0 Å². The summed E-state index contributed by atoms with van der Waals surface area (Å²) in [6.07, 6.45) is 3.55. The van der Waals surface area contributed by atoms with Gasteiger partial charge in [0.25, 0.3) is 0 Å². The fraction of sp³-hybridized carbons (Fsp3) is 0.562. The van der Waals surface area contributed by atoms with Crippen LogP contribution in [0.2, 0.25) is 0 Å². The van der Waals surface area contributed by atoms with Gasteiger partial charge in [0.15, 0.2) is 0 Å². The Bertz CT molecular complexity index is 464. The Morgan fingerprint density at radius 2 is 2.15 bits per heavy atom. The predicted octanol–water partition coefficient (Wildman–Crippen LogP) is 3.35. The number of halogens is 1. The number of hydrazine groups is 1. The molecule has 4 heteroatoms. The zero-order chi connectivity index (χ0) is 14.5. The minimum absolute atomic E-state index is 0.146. The highest BCUT2D eigenvalue weighted by Gasteiger charge is 2.31. The summed E-state index contributed by atoms with van der Waals surface area (Å²) in [5.41, 5.74) is 0.844. The lowest BCUT2D eigenvalue weighted by molar-refractivity contribution is -0.165. The van der Waals surface area contributed by atoms with Crippen LogP contribution < -0.4 is 0 Å². The molecule has 1 unspecified atom stereocenters. The topological polar surface area (TPSA) is 23.6 Å². The van der Waals surface area contributed by atoms with Gasteiger partial charge < -0.3 is 0 Å². The molecule has 1 heterocycles. The molecule has 0 radical (unpaired) electrons. The van der Waals surface area contributed by atoms with E-state index in [4.69, 9.17) is 0 Å². The largest absolute Gasteiger partial charge is 0.273 e. The quantitative estimate of drug-likeness (QED) is 0.824. The molecular weight excluding hydrogens is 255 g/mol. The fourth-order valence-corrected chi connectivity index (χ4v) is 2.84. The van der Waals surface area contributed by atoms with Gasteiger partial charge in [0.05, 0.1) is 6.54 Å². The number of carbonyl (C=O) groups is 1. The predicted molar refractivity (Wildman–Crippen MR) is 77.3 cm³/mol. The molecule has 1 saturated heterocycles. The van der Waals surface area contributed by atoms with E-state index in [9.17, 15) is 9.18 Å². The van der Waals surface area contributed by atoms with Crippen LogP contribution in [0, 0.1) is 5.82 Å². The van der Waals surface area contributed by atoms with Gasteiger partial charge in [0, 0.05) is 19.0 Å². The molecule has 20 heavy (non-hydrogen) atoms. The minimum atomic E-state index is -0.249. The highest BCUT2D eigenvalue weighted by Crippen LogP contribution is 2.24. The molecule has 1 aliphatic rings. The summed E-state index contributed by atoms with van der Waals surface area (Å²) in [5, 5.41) is 3.99. The molecular formula is C16H23FN2O. The minimum Gasteiger partial charge on any atom is -0.273 e. The normalized spacial score (nSPS) is 20.4. The van der Waals surface area contributed by atoms with Crippen LogP contribution >= 0.6 is 0 Å². The highest BCUT2D eigenvalue weighted by molar-refractivity contribution is 5.76. The number of nitrogens with zero attached hydrogens (tertiary/aromatic N) is 2. The van der Waals surface area contributed by atoms with Gasteiger partial charge in [-0.2, -0.15) is 0 Å². The van der Waals surface area contributed by atoms with E-state index in [1.165, 1.54) is 12.1 Å². The zero-order valence-corrected chi connectivity index (χ0v) is 12.3. The van der Waals surface area contributed by atoms with Gasteiger partial charge in [-0.3, -0.25) is 9.80 Å². The standard InChI is InChI=1S/C16H23FN2O/c1-3-10-18-15(4-2)8-9-16(20)19(18)12-13-6-5-7-14(17)11-13/h5-7,11,15H,3-4,8-10,12H2,1-2H3. The van der Waals surface area contributed by atoms with Crippen LogP contribution in [-0.2, 0) is 11.3 Å². The SMILES string of the molecule is CCCN1C(CC)CCC(=O)N1Cc1cccc(F)c1. The summed E-state index contributed by atoms with van der Waals surface area (Å²) in [4.78, 5) is 12.2. The maximum Gasteiger partial charge on any atom is 0.237 e. The van der Waals surface area contributed by atoms with E-state index in [1.54, 1.807) is 6.07 Å². The molecule has 1 atom stereocenters. The second-order valence-electron chi connectivity index (χ2n) is 5.35. The maximum atomic E-state index is 13.3. The Balaban J connectivity index is 2.18. The van der Waals surface area contributed by atoms with E-state index >= 15 is 0 Å². The van der Waals surface area contributed by atoms with Crippen molar-refractivity contribution in [3.63, 3.8) is 0 Å². The summed E-state index contributed by atoms with van der Waals surface area (Å²) < 4.78 is 13.3. The molecule has 0 aliphatic carbocycles. The number of hydrogen-bond donors (Lipinski definition) is 0. The third kappa shape index (κ3) is 3.37. The first-order valence-electron chi connectivity index (χ1n) is 7.47. The lowest BCUT2D eigenvalue weighted by atomic mass is 10.0. The van der Waals surface area contributed by atoms with Gasteiger partial charge >= 0.3 is 0 Å². The number of carbonyl (C=O) groups excluding carboxylic acids is 1. The average molecular weight is 278 g/mol. The first kappa shape index (κ1) is 15.0. The fourth-order valence-electron chi connectivity index (χ4n) is 2.84. The van der Waals surface area contributed by atoms with Crippen LogP contribution in [0.1, 0.15) is 45.1 Å². The monoisotopic (exact) mass is 278 g/mol. The van der Waals surface area contributed by atoms with Gasteiger partial charge in [-0.1, -0.05) is 26.0 Å². The van der Waals surface area contributed by atoms with Crippen LogP contribution in [0.4, 0.5) is 4.39 Å². The molecule has 1 amide bonds. The molecule has 0 N–H and O–H groups in total. The molecule has 1 aliphatic heterocycles. The molecule has 1 aromatic rings. The van der Waals surface area contributed by atoms with Crippen molar-refractivity contribution in [3.05, 3.63) is 35.6 Å². The number of hydrogen-bond acceptors (Lipinski definition) is 2. The number of benzene rings is 1. The summed E-state index contributed by atoms with van der Waals surface area (Å²) in [7, 11) is 0. The van der Waals surface area contributed by atoms with E-state index in [0.29, 0.717) is 19.0 Å². The van der Waals surface area contributed by atoms with Crippen LogP contribution in [0.3, 0.4) is 0 Å². The molecule has 0 saturated carbocycles. The molecule has 1 fully saturated rings. The first-order chi connectivity index (χ1) is 9.65. The van der Waals surface area contributed by atoms with Crippen molar-refractivity contribution in [1.82, 2.24) is 10.0 Å². The smallest absolute Gasteiger partial charge is 0.237 e. The maximum absolute atomic E-state index is 13.3. The lowest BCUT2D eigenvalue weighted by Gasteiger charge is -2.44. The zero-order valence-electron chi connectivity index (χ0n) is 12.3. The first-order valence-corrected chi connectivity index (χ1v) is 7.47. The Kier molecular flexibility index (Phi) is 5.12. The van der Waals surface area contributed by atoms with Gasteiger partial charge in [-0.05, 0) is 37.0 Å².